The van der Waals surface area contributed by atoms with Crippen LogP contribution in [0.1, 0.15) is 12.0 Å². The molecule has 5 heteroatoms. The first-order chi connectivity index (χ1) is 8.17. The van der Waals surface area contributed by atoms with E-state index in [0.717, 1.165) is 23.1 Å². The highest BCUT2D eigenvalue weighted by atomic mass is 79.9. The Balaban J connectivity index is 2.37. The second kappa shape index (κ2) is 5.04. The Bertz CT molecular complexity index is 437. The van der Waals surface area contributed by atoms with Crippen LogP contribution >= 0.6 is 15.9 Å². The van der Waals surface area contributed by atoms with Crippen molar-refractivity contribution in [3.8, 4) is 5.88 Å². The third kappa shape index (κ3) is 2.29. The molecule has 0 bridgehead atoms. The number of amides is 1. The van der Waals surface area contributed by atoms with Gasteiger partial charge in [0.15, 0.2) is 0 Å². The van der Waals surface area contributed by atoms with Gasteiger partial charge in [-0.2, -0.15) is 0 Å². The third-order valence-corrected chi connectivity index (χ3v) is 3.89. The summed E-state index contributed by atoms with van der Waals surface area (Å²) >= 11 is 3.43. The molecule has 0 radical (unpaired) electrons. The highest BCUT2D eigenvalue weighted by Crippen LogP contribution is 2.34. The molecular weight excluding hydrogens is 284 g/mol. The SMILES string of the molecule is COc1nccc(C)c1N1CC(CBr)CC1=O. The summed E-state index contributed by atoms with van der Waals surface area (Å²) < 4.78 is 5.24. The molecule has 17 heavy (non-hydrogen) atoms. The van der Waals surface area contributed by atoms with Crippen molar-refractivity contribution in [3.05, 3.63) is 17.8 Å². The van der Waals surface area contributed by atoms with Crippen molar-refractivity contribution in [2.75, 3.05) is 23.9 Å². The zero-order valence-corrected chi connectivity index (χ0v) is 11.5. The summed E-state index contributed by atoms with van der Waals surface area (Å²) in [5, 5.41) is 0.844. The van der Waals surface area contributed by atoms with Gasteiger partial charge in [0, 0.05) is 24.5 Å². The molecule has 2 heterocycles. The lowest BCUT2D eigenvalue weighted by molar-refractivity contribution is -0.117. The first-order valence-electron chi connectivity index (χ1n) is 5.53. The van der Waals surface area contributed by atoms with Gasteiger partial charge in [-0.05, 0) is 24.5 Å². The molecule has 1 aliphatic heterocycles. The number of methoxy groups -OCH3 is 1. The van der Waals surface area contributed by atoms with Crippen LogP contribution in [0.15, 0.2) is 12.3 Å². The number of carbonyl (C=O) groups is 1. The number of alkyl halides is 1. The van der Waals surface area contributed by atoms with Gasteiger partial charge >= 0.3 is 0 Å². The highest BCUT2D eigenvalue weighted by Gasteiger charge is 2.32. The van der Waals surface area contributed by atoms with E-state index >= 15 is 0 Å². The van der Waals surface area contributed by atoms with Gasteiger partial charge in [0.05, 0.1) is 7.11 Å². The van der Waals surface area contributed by atoms with E-state index in [-0.39, 0.29) is 5.91 Å². The Labute approximate surface area is 109 Å². The fourth-order valence-electron chi connectivity index (χ4n) is 2.10. The minimum absolute atomic E-state index is 0.142. The lowest BCUT2D eigenvalue weighted by Crippen LogP contribution is -2.26. The van der Waals surface area contributed by atoms with Gasteiger partial charge in [-0.15, -0.1) is 0 Å². The summed E-state index contributed by atoms with van der Waals surface area (Å²) in [6.45, 7) is 2.70. The standard InChI is InChI=1S/C12H15BrN2O2/c1-8-3-4-14-12(17-2)11(8)15-7-9(6-13)5-10(15)16/h3-4,9H,5-7H2,1-2H3. The molecule has 1 atom stereocenters. The molecule has 1 unspecified atom stereocenters. The summed E-state index contributed by atoms with van der Waals surface area (Å²) in [6, 6.07) is 1.90. The van der Waals surface area contributed by atoms with E-state index in [1.165, 1.54) is 0 Å². The van der Waals surface area contributed by atoms with E-state index in [9.17, 15) is 4.79 Å². The van der Waals surface area contributed by atoms with Crippen LogP contribution in [0.5, 0.6) is 5.88 Å². The van der Waals surface area contributed by atoms with Crippen molar-refractivity contribution in [2.45, 2.75) is 13.3 Å². The maximum Gasteiger partial charge on any atom is 0.237 e. The van der Waals surface area contributed by atoms with Crippen molar-refractivity contribution >= 4 is 27.5 Å². The number of hydrogen-bond donors (Lipinski definition) is 0. The molecule has 2 rings (SSSR count). The second-order valence-corrected chi connectivity index (χ2v) is 4.86. The van der Waals surface area contributed by atoms with Crippen molar-refractivity contribution in [3.63, 3.8) is 0 Å². The Kier molecular flexibility index (Phi) is 3.66. The van der Waals surface area contributed by atoms with E-state index in [1.54, 1.807) is 18.2 Å². The molecule has 1 aromatic rings. The van der Waals surface area contributed by atoms with Gasteiger partial charge in [-0.3, -0.25) is 4.79 Å². The number of carbonyl (C=O) groups excluding carboxylic acids is 1. The number of ether oxygens (including phenoxy) is 1. The van der Waals surface area contributed by atoms with Crippen LogP contribution in [-0.4, -0.2) is 29.9 Å². The average Bonchev–Trinajstić information content (AvgIpc) is 2.70. The predicted molar refractivity (Wildman–Crippen MR) is 69.8 cm³/mol. The number of pyridine rings is 1. The number of rotatable bonds is 3. The number of aryl methyl sites for hydroxylation is 1. The first-order valence-corrected chi connectivity index (χ1v) is 6.65. The third-order valence-electron chi connectivity index (χ3n) is 2.98. The largest absolute Gasteiger partial charge is 0.480 e. The predicted octanol–water partition coefficient (Wildman–Crippen LogP) is 2.15. The lowest BCUT2D eigenvalue weighted by Gasteiger charge is -2.20. The average molecular weight is 299 g/mol. The molecule has 1 fully saturated rings. The maximum absolute atomic E-state index is 12.0. The molecule has 0 saturated carbocycles. The van der Waals surface area contributed by atoms with Crippen LogP contribution in [0.4, 0.5) is 5.69 Å². The Hall–Kier alpha value is -1.10. The molecule has 1 amide bonds. The molecule has 0 spiro atoms. The summed E-state index contributed by atoms with van der Waals surface area (Å²) in [5.41, 5.74) is 1.82. The molecule has 4 nitrogen and oxygen atoms in total. The molecule has 92 valence electrons. The number of hydrogen-bond acceptors (Lipinski definition) is 3. The van der Waals surface area contributed by atoms with Gasteiger partial charge in [-0.25, -0.2) is 4.98 Å². The van der Waals surface area contributed by atoms with Crippen molar-refractivity contribution in [2.24, 2.45) is 5.92 Å². The summed E-state index contributed by atoms with van der Waals surface area (Å²) in [5.74, 6) is 1.03. The fourth-order valence-corrected chi connectivity index (χ4v) is 2.54. The van der Waals surface area contributed by atoms with E-state index in [1.807, 2.05) is 13.0 Å². The van der Waals surface area contributed by atoms with Gasteiger partial charge < -0.3 is 9.64 Å². The Morgan fingerprint density at radius 3 is 3.00 bits per heavy atom. The van der Waals surface area contributed by atoms with Gasteiger partial charge in [0.25, 0.3) is 0 Å². The van der Waals surface area contributed by atoms with Crippen LogP contribution in [0.25, 0.3) is 0 Å². The van der Waals surface area contributed by atoms with Gasteiger partial charge in [-0.1, -0.05) is 15.9 Å². The summed E-state index contributed by atoms with van der Waals surface area (Å²) in [6.07, 6.45) is 2.28. The number of halogens is 1. The number of anilines is 1. The van der Waals surface area contributed by atoms with E-state index < -0.39 is 0 Å². The number of nitrogens with zero attached hydrogens (tertiary/aromatic N) is 2. The lowest BCUT2D eigenvalue weighted by atomic mass is 10.2. The fraction of sp³-hybridized carbons (Fsp3) is 0.500. The zero-order chi connectivity index (χ0) is 12.4. The van der Waals surface area contributed by atoms with Crippen molar-refractivity contribution in [1.82, 2.24) is 4.98 Å². The van der Waals surface area contributed by atoms with Crippen molar-refractivity contribution in [1.29, 1.82) is 0 Å². The van der Waals surface area contributed by atoms with Crippen LogP contribution in [0.2, 0.25) is 0 Å². The minimum atomic E-state index is 0.142. The normalized spacial score (nSPS) is 19.8. The summed E-state index contributed by atoms with van der Waals surface area (Å²) in [4.78, 5) is 17.9. The van der Waals surface area contributed by atoms with E-state index in [2.05, 4.69) is 20.9 Å². The maximum atomic E-state index is 12.0. The molecular formula is C12H15BrN2O2. The number of aromatic nitrogens is 1. The monoisotopic (exact) mass is 298 g/mol. The van der Waals surface area contributed by atoms with Crippen LogP contribution < -0.4 is 9.64 Å². The molecule has 0 N–H and O–H groups in total. The molecule has 1 saturated heterocycles. The van der Waals surface area contributed by atoms with Crippen LogP contribution in [0.3, 0.4) is 0 Å². The zero-order valence-electron chi connectivity index (χ0n) is 9.94. The molecule has 0 aromatic carbocycles. The quantitative estimate of drug-likeness (QED) is 0.803. The Morgan fingerprint density at radius 2 is 2.41 bits per heavy atom. The first kappa shape index (κ1) is 12.4. The Morgan fingerprint density at radius 1 is 1.65 bits per heavy atom. The topological polar surface area (TPSA) is 42.4 Å². The van der Waals surface area contributed by atoms with Crippen LogP contribution in [-0.2, 0) is 4.79 Å². The molecule has 1 aliphatic rings. The van der Waals surface area contributed by atoms with Gasteiger partial charge in [0.1, 0.15) is 5.69 Å². The van der Waals surface area contributed by atoms with E-state index in [4.69, 9.17) is 4.74 Å². The van der Waals surface area contributed by atoms with E-state index in [0.29, 0.717) is 18.2 Å². The molecule has 0 aliphatic carbocycles. The molecule has 1 aromatic heterocycles. The minimum Gasteiger partial charge on any atom is -0.480 e. The highest BCUT2D eigenvalue weighted by molar-refractivity contribution is 9.09. The van der Waals surface area contributed by atoms with Crippen LogP contribution in [0, 0.1) is 12.8 Å². The smallest absolute Gasteiger partial charge is 0.237 e. The summed E-state index contributed by atoms with van der Waals surface area (Å²) in [7, 11) is 1.58. The second-order valence-electron chi connectivity index (χ2n) is 4.21. The van der Waals surface area contributed by atoms with Gasteiger partial charge in [0.2, 0.25) is 11.8 Å². The van der Waals surface area contributed by atoms with Crippen molar-refractivity contribution < 1.29 is 9.53 Å².